The van der Waals surface area contributed by atoms with Crippen molar-refractivity contribution in [1.82, 2.24) is 9.58 Å². The maximum Gasteiger partial charge on any atom is 0.277 e. The standard InChI is InChI=1S/C21H27N3O3/c1-3-4-14-27-20-18(25)11-13-24-19(20)21(26)23(15-22-24)12-10-16(2)17-8-6-5-7-9-17/h5-9,11,13,16,22H,3-4,10,12,14-15H2,1-2H3. The Morgan fingerprint density at radius 1 is 1.19 bits per heavy atom. The van der Waals surface area contributed by atoms with Gasteiger partial charge in [0.1, 0.15) is 6.67 Å². The summed E-state index contributed by atoms with van der Waals surface area (Å²) in [5, 5.41) is 0. The smallest absolute Gasteiger partial charge is 0.277 e. The number of rotatable bonds is 8. The molecule has 2 aromatic rings. The molecule has 2 heterocycles. The van der Waals surface area contributed by atoms with Gasteiger partial charge in [-0.05, 0) is 24.3 Å². The van der Waals surface area contributed by atoms with E-state index in [0.29, 0.717) is 25.7 Å². The van der Waals surface area contributed by atoms with E-state index in [9.17, 15) is 9.59 Å². The molecular weight excluding hydrogens is 342 g/mol. The average molecular weight is 369 g/mol. The molecule has 144 valence electrons. The zero-order chi connectivity index (χ0) is 19.2. The number of nitrogens with one attached hydrogen (secondary N) is 1. The van der Waals surface area contributed by atoms with Crippen molar-refractivity contribution in [2.24, 2.45) is 0 Å². The topological polar surface area (TPSA) is 63.6 Å². The fourth-order valence-corrected chi connectivity index (χ4v) is 3.17. The van der Waals surface area contributed by atoms with Crippen molar-refractivity contribution in [3.8, 4) is 5.75 Å². The number of benzene rings is 1. The van der Waals surface area contributed by atoms with E-state index in [4.69, 9.17) is 4.74 Å². The summed E-state index contributed by atoms with van der Waals surface area (Å²) in [7, 11) is 0. The van der Waals surface area contributed by atoms with E-state index < -0.39 is 0 Å². The molecule has 0 fully saturated rings. The van der Waals surface area contributed by atoms with Crippen LogP contribution in [0.5, 0.6) is 5.75 Å². The van der Waals surface area contributed by atoms with Crippen LogP contribution in [0.2, 0.25) is 0 Å². The molecule has 1 aromatic carbocycles. The van der Waals surface area contributed by atoms with Crippen molar-refractivity contribution in [1.29, 1.82) is 0 Å². The number of amides is 1. The van der Waals surface area contributed by atoms with Crippen LogP contribution >= 0.6 is 0 Å². The lowest BCUT2D eigenvalue weighted by molar-refractivity contribution is 0.0715. The summed E-state index contributed by atoms with van der Waals surface area (Å²) in [5.41, 5.74) is 4.46. The molecule has 1 N–H and O–H groups in total. The van der Waals surface area contributed by atoms with Crippen LogP contribution in [0.4, 0.5) is 0 Å². The molecule has 6 heteroatoms. The summed E-state index contributed by atoms with van der Waals surface area (Å²) in [6, 6.07) is 11.7. The Kier molecular flexibility index (Phi) is 6.16. The van der Waals surface area contributed by atoms with Gasteiger partial charge in [-0.2, -0.15) is 0 Å². The molecule has 1 unspecified atom stereocenters. The summed E-state index contributed by atoms with van der Waals surface area (Å²) in [4.78, 5) is 27.0. The van der Waals surface area contributed by atoms with Gasteiger partial charge in [-0.3, -0.25) is 14.3 Å². The SMILES string of the molecule is CCCCOc1c2n(ccc1=O)NCN(CCC(C)c1ccccc1)C2=O. The summed E-state index contributed by atoms with van der Waals surface area (Å²) < 4.78 is 7.27. The Morgan fingerprint density at radius 2 is 1.96 bits per heavy atom. The Hall–Kier alpha value is -2.76. The molecule has 1 aliphatic heterocycles. The summed E-state index contributed by atoms with van der Waals surface area (Å²) >= 11 is 0. The van der Waals surface area contributed by atoms with E-state index >= 15 is 0 Å². The molecular formula is C21H27N3O3. The largest absolute Gasteiger partial charge is 0.487 e. The minimum absolute atomic E-state index is 0.143. The first-order valence-corrected chi connectivity index (χ1v) is 9.58. The second-order valence-electron chi connectivity index (χ2n) is 6.91. The molecule has 0 radical (unpaired) electrons. The number of unbranched alkanes of at least 4 members (excludes halogenated alkanes) is 1. The molecule has 0 bridgehead atoms. The van der Waals surface area contributed by atoms with Crippen LogP contribution in [0, 0.1) is 0 Å². The van der Waals surface area contributed by atoms with Gasteiger partial charge in [0.05, 0.1) is 6.61 Å². The van der Waals surface area contributed by atoms with Crippen LogP contribution in [0.3, 0.4) is 0 Å². The first kappa shape index (κ1) is 19.0. The quantitative estimate of drug-likeness (QED) is 0.726. The number of hydrogen-bond donors (Lipinski definition) is 1. The molecule has 0 spiro atoms. The van der Waals surface area contributed by atoms with Gasteiger partial charge in [0.2, 0.25) is 5.43 Å². The Morgan fingerprint density at radius 3 is 2.70 bits per heavy atom. The lowest BCUT2D eigenvalue weighted by Crippen LogP contribution is -2.47. The van der Waals surface area contributed by atoms with E-state index in [1.54, 1.807) is 15.8 Å². The predicted octanol–water partition coefficient (Wildman–Crippen LogP) is 3.18. The predicted molar refractivity (Wildman–Crippen MR) is 106 cm³/mol. The number of ether oxygens (including phenoxy) is 1. The van der Waals surface area contributed by atoms with Crippen LogP contribution in [-0.4, -0.2) is 35.3 Å². The first-order chi connectivity index (χ1) is 13.1. The number of hydrogen-bond acceptors (Lipinski definition) is 4. The van der Waals surface area contributed by atoms with Gasteiger partial charge in [0.25, 0.3) is 5.91 Å². The second kappa shape index (κ2) is 8.75. The minimum atomic E-state index is -0.257. The van der Waals surface area contributed by atoms with E-state index in [1.807, 2.05) is 18.2 Å². The number of carbonyl (C=O) groups excluding carboxylic acids is 1. The van der Waals surface area contributed by atoms with Crippen molar-refractivity contribution < 1.29 is 9.53 Å². The molecule has 3 rings (SSSR count). The normalized spacial score (nSPS) is 14.4. The molecule has 27 heavy (non-hydrogen) atoms. The van der Waals surface area contributed by atoms with Gasteiger partial charge < -0.3 is 15.1 Å². The van der Waals surface area contributed by atoms with Crippen LogP contribution in [-0.2, 0) is 0 Å². The maximum absolute atomic E-state index is 13.0. The molecule has 6 nitrogen and oxygen atoms in total. The third-order valence-electron chi connectivity index (χ3n) is 4.92. The highest BCUT2D eigenvalue weighted by Crippen LogP contribution is 2.22. The lowest BCUT2D eigenvalue weighted by Gasteiger charge is -2.32. The molecule has 0 saturated heterocycles. The number of pyridine rings is 1. The summed E-state index contributed by atoms with van der Waals surface area (Å²) in [6.07, 6.45) is 4.24. The summed E-state index contributed by atoms with van der Waals surface area (Å²) in [6.45, 7) is 5.67. The Bertz CT molecular complexity index is 832. The molecule has 1 atom stereocenters. The van der Waals surface area contributed by atoms with Gasteiger partial charge in [0, 0.05) is 18.8 Å². The Labute approximate surface area is 159 Å². The van der Waals surface area contributed by atoms with Crippen LogP contribution in [0.25, 0.3) is 0 Å². The van der Waals surface area contributed by atoms with E-state index in [-0.39, 0.29) is 22.8 Å². The zero-order valence-corrected chi connectivity index (χ0v) is 16.0. The van der Waals surface area contributed by atoms with Crippen molar-refractivity contribution in [2.45, 2.75) is 39.0 Å². The zero-order valence-electron chi connectivity index (χ0n) is 16.0. The van der Waals surface area contributed by atoms with E-state index in [0.717, 1.165) is 19.3 Å². The average Bonchev–Trinajstić information content (AvgIpc) is 2.69. The highest BCUT2D eigenvalue weighted by atomic mass is 16.5. The van der Waals surface area contributed by atoms with Crippen molar-refractivity contribution in [3.63, 3.8) is 0 Å². The number of carbonyl (C=O) groups is 1. The number of fused-ring (bicyclic) bond motifs is 1. The Balaban J connectivity index is 1.73. The molecule has 1 aliphatic rings. The first-order valence-electron chi connectivity index (χ1n) is 9.58. The lowest BCUT2D eigenvalue weighted by atomic mass is 9.98. The van der Waals surface area contributed by atoms with Crippen LogP contribution in [0.15, 0.2) is 47.4 Å². The maximum atomic E-state index is 13.0. The fraction of sp³-hybridized carbons (Fsp3) is 0.429. The van der Waals surface area contributed by atoms with Crippen LogP contribution in [0.1, 0.15) is 55.1 Å². The van der Waals surface area contributed by atoms with Crippen molar-refractivity contribution in [3.05, 3.63) is 64.1 Å². The highest BCUT2D eigenvalue weighted by molar-refractivity contribution is 5.96. The molecule has 1 aromatic heterocycles. The summed E-state index contributed by atoms with van der Waals surface area (Å²) in [5.74, 6) is 0.321. The van der Waals surface area contributed by atoms with Crippen molar-refractivity contribution in [2.75, 3.05) is 25.2 Å². The van der Waals surface area contributed by atoms with E-state index in [2.05, 4.69) is 31.4 Å². The van der Waals surface area contributed by atoms with Gasteiger partial charge in [-0.25, -0.2) is 0 Å². The fourth-order valence-electron chi connectivity index (χ4n) is 3.17. The van der Waals surface area contributed by atoms with Gasteiger partial charge in [-0.15, -0.1) is 0 Å². The van der Waals surface area contributed by atoms with E-state index in [1.165, 1.54) is 11.6 Å². The third-order valence-corrected chi connectivity index (χ3v) is 4.92. The minimum Gasteiger partial charge on any atom is -0.487 e. The van der Waals surface area contributed by atoms with Gasteiger partial charge >= 0.3 is 0 Å². The van der Waals surface area contributed by atoms with Crippen molar-refractivity contribution >= 4 is 5.91 Å². The molecule has 0 saturated carbocycles. The second-order valence-corrected chi connectivity index (χ2v) is 6.91. The molecule has 0 aliphatic carbocycles. The number of aromatic nitrogens is 1. The monoisotopic (exact) mass is 369 g/mol. The number of nitrogens with zero attached hydrogens (tertiary/aromatic N) is 2. The molecule has 1 amide bonds. The third kappa shape index (κ3) is 4.32. The van der Waals surface area contributed by atoms with Crippen LogP contribution < -0.4 is 15.6 Å². The van der Waals surface area contributed by atoms with Gasteiger partial charge in [-0.1, -0.05) is 50.6 Å². The highest BCUT2D eigenvalue weighted by Gasteiger charge is 2.29. The van der Waals surface area contributed by atoms with Gasteiger partial charge in [0.15, 0.2) is 11.4 Å².